The van der Waals surface area contributed by atoms with Crippen molar-refractivity contribution in [2.45, 2.75) is 13.5 Å². The number of pyridine rings is 1. The number of hydrogen-bond acceptors (Lipinski definition) is 6. The molecule has 2 aromatic carbocycles. The van der Waals surface area contributed by atoms with E-state index in [-0.39, 0.29) is 24.3 Å². The van der Waals surface area contributed by atoms with Crippen LogP contribution in [0.25, 0.3) is 11.3 Å². The lowest BCUT2D eigenvalue weighted by molar-refractivity contribution is -0.117. The molecule has 0 aliphatic rings. The molecule has 4 rings (SSSR count). The molecule has 0 unspecified atom stereocenters. The molecule has 0 bridgehead atoms. The number of rotatable bonds is 8. The third kappa shape index (κ3) is 6.58. The van der Waals surface area contributed by atoms with Gasteiger partial charge in [-0.15, -0.1) is 11.3 Å². The smallest absolute Gasteiger partial charge is 0.254 e. The summed E-state index contributed by atoms with van der Waals surface area (Å²) in [6.07, 6.45) is 3.11. The standard InChI is InChI=1S/C26H23N5O3S/c1-18(32)28-26-30-23(17-35-26)20-7-9-22(10-8-20)29-24(33)16-31(15-19-5-3-2-4-6-19)25(34)21-11-13-27-14-12-21/h2-14,17H,15-16H2,1H3,(H,29,33)(H,28,30,32). The number of hydrogen-bond donors (Lipinski definition) is 2. The Balaban J connectivity index is 1.43. The van der Waals surface area contributed by atoms with Crippen LogP contribution in [0.1, 0.15) is 22.8 Å². The van der Waals surface area contributed by atoms with Gasteiger partial charge in [0.25, 0.3) is 5.91 Å². The van der Waals surface area contributed by atoms with Crippen LogP contribution in [0, 0.1) is 0 Å². The lowest BCUT2D eigenvalue weighted by atomic mass is 10.1. The first kappa shape index (κ1) is 23.8. The monoisotopic (exact) mass is 485 g/mol. The zero-order valence-corrected chi connectivity index (χ0v) is 19.8. The molecule has 0 aliphatic heterocycles. The van der Waals surface area contributed by atoms with E-state index in [0.29, 0.717) is 22.9 Å². The molecule has 0 aliphatic carbocycles. The summed E-state index contributed by atoms with van der Waals surface area (Å²) < 4.78 is 0. The van der Waals surface area contributed by atoms with Crippen LogP contribution in [0.5, 0.6) is 0 Å². The van der Waals surface area contributed by atoms with Crippen molar-refractivity contribution in [2.24, 2.45) is 0 Å². The van der Waals surface area contributed by atoms with E-state index in [0.717, 1.165) is 16.8 Å². The molecule has 0 radical (unpaired) electrons. The first-order chi connectivity index (χ1) is 17.0. The van der Waals surface area contributed by atoms with Crippen molar-refractivity contribution >= 4 is 39.9 Å². The van der Waals surface area contributed by atoms with Gasteiger partial charge in [0, 0.05) is 48.1 Å². The molecule has 2 heterocycles. The second-order valence-corrected chi connectivity index (χ2v) is 8.59. The van der Waals surface area contributed by atoms with Crippen molar-refractivity contribution in [3.8, 4) is 11.3 Å². The van der Waals surface area contributed by atoms with Gasteiger partial charge in [-0.1, -0.05) is 42.5 Å². The van der Waals surface area contributed by atoms with Gasteiger partial charge in [0.2, 0.25) is 11.8 Å². The van der Waals surface area contributed by atoms with Crippen LogP contribution in [-0.4, -0.2) is 39.1 Å². The summed E-state index contributed by atoms with van der Waals surface area (Å²) in [7, 11) is 0. The number of nitrogens with one attached hydrogen (secondary N) is 2. The molecule has 8 nitrogen and oxygen atoms in total. The molecule has 2 aromatic heterocycles. The van der Waals surface area contributed by atoms with Gasteiger partial charge in [-0.05, 0) is 29.8 Å². The Bertz CT molecular complexity index is 1310. The van der Waals surface area contributed by atoms with Gasteiger partial charge in [0.05, 0.1) is 5.69 Å². The van der Waals surface area contributed by atoms with Crippen LogP contribution >= 0.6 is 11.3 Å². The third-order valence-corrected chi connectivity index (χ3v) is 5.77. The Morgan fingerprint density at radius 2 is 1.63 bits per heavy atom. The predicted octanol–water partition coefficient (Wildman–Crippen LogP) is 4.44. The summed E-state index contributed by atoms with van der Waals surface area (Å²) in [5, 5.41) is 7.90. The Morgan fingerprint density at radius 1 is 0.914 bits per heavy atom. The number of carbonyl (C=O) groups excluding carboxylic acids is 3. The van der Waals surface area contributed by atoms with Gasteiger partial charge in [0.1, 0.15) is 6.54 Å². The molecule has 0 fully saturated rings. The normalized spacial score (nSPS) is 10.4. The number of carbonyl (C=O) groups is 3. The minimum Gasteiger partial charge on any atom is -0.325 e. The maximum atomic E-state index is 13.1. The maximum absolute atomic E-state index is 13.1. The number of anilines is 2. The molecule has 3 amide bonds. The van der Waals surface area contributed by atoms with E-state index in [4.69, 9.17) is 0 Å². The second kappa shape index (κ2) is 11.2. The average Bonchev–Trinajstić information content (AvgIpc) is 3.32. The predicted molar refractivity (Wildman–Crippen MR) is 136 cm³/mol. The van der Waals surface area contributed by atoms with Crippen molar-refractivity contribution in [3.63, 3.8) is 0 Å². The molecule has 0 saturated heterocycles. The zero-order chi connectivity index (χ0) is 24.6. The van der Waals surface area contributed by atoms with E-state index in [1.54, 1.807) is 36.7 Å². The molecule has 0 spiro atoms. The number of aromatic nitrogens is 2. The van der Waals surface area contributed by atoms with E-state index in [9.17, 15) is 14.4 Å². The summed E-state index contributed by atoms with van der Waals surface area (Å²) in [6.45, 7) is 1.63. The molecule has 176 valence electrons. The lowest BCUT2D eigenvalue weighted by Gasteiger charge is -2.22. The Kier molecular flexibility index (Phi) is 7.59. The minimum absolute atomic E-state index is 0.107. The van der Waals surface area contributed by atoms with Gasteiger partial charge < -0.3 is 15.5 Å². The fourth-order valence-electron chi connectivity index (χ4n) is 3.39. The summed E-state index contributed by atoms with van der Waals surface area (Å²) in [4.78, 5) is 47.0. The Hall–Kier alpha value is -4.37. The summed E-state index contributed by atoms with van der Waals surface area (Å²) in [5.41, 5.74) is 3.58. The highest BCUT2D eigenvalue weighted by Crippen LogP contribution is 2.26. The topological polar surface area (TPSA) is 104 Å². The molecule has 35 heavy (non-hydrogen) atoms. The van der Waals surface area contributed by atoms with E-state index in [1.807, 2.05) is 47.8 Å². The van der Waals surface area contributed by atoms with Crippen molar-refractivity contribution in [2.75, 3.05) is 17.2 Å². The highest BCUT2D eigenvalue weighted by atomic mass is 32.1. The summed E-state index contributed by atoms with van der Waals surface area (Å²) >= 11 is 1.34. The fourth-order valence-corrected chi connectivity index (χ4v) is 4.16. The molecular weight excluding hydrogens is 462 g/mol. The van der Waals surface area contributed by atoms with E-state index in [2.05, 4.69) is 20.6 Å². The highest BCUT2D eigenvalue weighted by Gasteiger charge is 2.19. The summed E-state index contributed by atoms with van der Waals surface area (Å²) in [6, 6.07) is 20.0. The van der Waals surface area contributed by atoms with E-state index in [1.165, 1.54) is 23.2 Å². The van der Waals surface area contributed by atoms with Crippen LogP contribution in [0.2, 0.25) is 0 Å². The Labute approximate surface area is 206 Å². The maximum Gasteiger partial charge on any atom is 0.254 e. The van der Waals surface area contributed by atoms with Gasteiger partial charge in [0.15, 0.2) is 5.13 Å². The highest BCUT2D eigenvalue weighted by molar-refractivity contribution is 7.14. The second-order valence-electron chi connectivity index (χ2n) is 7.73. The first-order valence-corrected chi connectivity index (χ1v) is 11.7. The number of thiazole rings is 1. The van der Waals surface area contributed by atoms with E-state index < -0.39 is 0 Å². The van der Waals surface area contributed by atoms with Crippen LogP contribution in [0.15, 0.2) is 84.5 Å². The van der Waals surface area contributed by atoms with Gasteiger partial charge in [-0.2, -0.15) is 0 Å². The lowest BCUT2D eigenvalue weighted by Crippen LogP contribution is -2.37. The molecule has 2 N–H and O–H groups in total. The van der Waals surface area contributed by atoms with Gasteiger partial charge in [-0.3, -0.25) is 19.4 Å². The van der Waals surface area contributed by atoms with Crippen LogP contribution < -0.4 is 10.6 Å². The van der Waals surface area contributed by atoms with Crippen molar-refractivity contribution < 1.29 is 14.4 Å². The molecule has 4 aromatic rings. The van der Waals surface area contributed by atoms with Crippen LogP contribution in [0.3, 0.4) is 0 Å². The largest absolute Gasteiger partial charge is 0.325 e. The molecular formula is C26H23N5O3S. The van der Waals surface area contributed by atoms with Crippen molar-refractivity contribution in [3.05, 3.63) is 95.6 Å². The average molecular weight is 486 g/mol. The SMILES string of the molecule is CC(=O)Nc1nc(-c2ccc(NC(=O)CN(Cc3ccccc3)C(=O)c3ccncc3)cc2)cs1. The number of benzene rings is 2. The molecule has 9 heteroatoms. The fraction of sp³-hybridized carbons (Fsp3) is 0.115. The Morgan fingerprint density at radius 3 is 2.31 bits per heavy atom. The summed E-state index contributed by atoms with van der Waals surface area (Å²) in [5.74, 6) is -0.731. The van der Waals surface area contributed by atoms with Gasteiger partial charge >= 0.3 is 0 Å². The van der Waals surface area contributed by atoms with Crippen molar-refractivity contribution in [1.29, 1.82) is 0 Å². The first-order valence-electron chi connectivity index (χ1n) is 10.8. The van der Waals surface area contributed by atoms with E-state index >= 15 is 0 Å². The van der Waals surface area contributed by atoms with Crippen LogP contribution in [0.4, 0.5) is 10.8 Å². The quantitative estimate of drug-likeness (QED) is 0.384. The number of amides is 3. The molecule has 0 saturated carbocycles. The number of nitrogens with zero attached hydrogens (tertiary/aromatic N) is 3. The van der Waals surface area contributed by atoms with Crippen molar-refractivity contribution in [1.82, 2.24) is 14.9 Å². The van der Waals surface area contributed by atoms with Crippen LogP contribution in [-0.2, 0) is 16.1 Å². The third-order valence-electron chi connectivity index (χ3n) is 5.02. The van der Waals surface area contributed by atoms with Gasteiger partial charge in [-0.25, -0.2) is 4.98 Å². The minimum atomic E-state index is -0.308. The molecule has 0 atom stereocenters. The zero-order valence-electron chi connectivity index (χ0n) is 19.0.